The fraction of sp³-hybridized carbons (Fsp3) is 0.333. The van der Waals surface area contributed by atoms with Crippen molar-refractivity contribution < 1.29 is 19.4 Å². The molecule has 2 N–H and O–H groups in total. The highest BCUT2D eigenvalue weighted by atomic mass is 16.5. The van der Waals surface area contributed by atoms with Crippen LogP contribution in [-0.4, -0.2) is 48.2 Å². The number of urea groups is 1. The number of carbonyl (C=O) groups is 2. The Morgan fingerprint density at radius 1 is 1.21 bits per heavy atom. The molecule has 1 aliphatic heterocycles. The molecule has 1 saturated heterocycles. The van der Waals surface area contributed by atoms with Gasteiger partial charge in [0, 0.05) is 18.5 Å². The number of nitrogens with zero attached hydrogens (tertiary/aromatic N) is 1. The number of nitrogens with one attached hydrogen (secondary N) is 1. The lowest BCUT2D eigenvalue weighted by Crippen LogP contribution is -2.40. The maximum absolute atomic E-state index is 12.0. The van der Waals surface area contributed by atoms with E-state index < -0.39 is 11.9 Å². The summed E-state index contributed by atoms with van der Waals surface area (Å²) in [7, 11) is 0. The molecule has 0 spiro atoms. The highest BCUT2D eigenvalue weighted by molar-refractivity contribution is 5.88. The minimum Gasteiger partial charge on any atom is -0.491 e. The first kappa shape index (κ1) is 16.1. The lowest BCUT2D eigenvalue weighted by molar-refractivity contribution is -0.141. The number of benzene rings is 2. The number of ether oxygens (including phenoxy) is 1. The SMILES string of the molecule is O=C(O)C1CCN(C(=O)NCCOc2cccc3ccccc23)C1. The van der Waals surface area contributed by atoms with E-state index in [-0.39, 0.29) is 12.6 Å². The number of carboxylic acid groups (broad SMARTS) is 1. The first-order valence-electron chi connectivity index (χ1n) is 8.01. The summed E-state index contributed by atoms with van der Waals surface area (Å²) in [4.78, 5) is 24.5. The molecule has 0 bridgehead atoms. The smallest absolute Gasteiger partial charge is 0.317 e. The maximum atomic E-state index is 12.0. The number of hydrogen-bond acceptors (Lipinski definition) is 3. The molecule has 1 aliphatic rings. The van der Waals surface area contributed by atoms with Gasteiger partial charge in [0.15, 0.2) is 0 Å². The lowest BCUT2D eigenvalue weighted by Gasteiger charge is -2.17. The van der Waals surface area contributed by atoms with Crippen molar-refractivity contribution in [2.24, 2.45) is 5.92 Å². The van der Waals surface area contributed by atoms with Crippen molar-refractivity contribution in [3.63, 3.8) is 0 Å². The standard InChI is InChI=1S/C18H20N2O4/c21-17(22)14-8-10-20(12-14)18(23)19-9-11-24-16-7-3-5-13-4-1-2-6-15(13)16/h1-7,14H,8-12H2,(H,19,23)(H,21,22). The minimum atomic E-state index is -0.843. The van der Waals surface area contributed by atoms with Crippen LogP contribution in [0.3, 0.4) is 0 Å². The van der Waals surface area contributed by atoms with E-state index in [1.54, 1.807) is 0 Å². The summed E-state index contributed by atoms with van der Waals surface area (Å²) >= 11 is 0. The fourth-order valence-electron chi connectivity index (χ4n) is 2.90. The molecular weight excluding hydrogens is 308 g/mol. The summed E-state index contributed by atoms with van der Waals surface area (Å²) in [6, 6.07) is 13.6. The molecule has 1 fully saturated rings. The largest absolute Gasteiger partial charge is 0.491 e. The third-order valence-corrected chi connectivity index (χ3v) is 4.21. The summed E-state index contributed by atoms with van der Waals surface area (Å²) in [5.74, 6) is -0.512. The van der Waals surface area contributed by atoms with Crippen LogP contribution in [0.5, 0.6) is 5.75 Å². The topological polar surface area (TPSA) is 78.9 Å². The molecule has 2 amide bonds. The summed E-state index contributed by atoms with van der Waals surface area (Å²) < 4.78 is 5.76. The number of likely N-dealkylation sites (tertiary alicyclic amines) is 1. The number of rotatable bonds is 5. The molecule has 6 nitrogen and oxygen atoms in total. The molecule has 2 aromatic carbocycles. The Bertz CT molecular complexity index is 741. The summed E-state index contributed by atoms with van der Waals surface area (Å²) in [5, 5.41) is 13.9. The second-order valence-electron chi connectivity index (χ2n) is 5.83. The number of carboxylic acids is 1. The van der Waals surface area contributed by atoms with E-state index in [1.807, 2.05) is 42.5 Å². The van der Waals surface area contributed by atoms with Crippen molar-refractivity contribution in [2.75, 3.05) is 26.2 Å². The van der Waals surface area contributed by atoms with E-state index in [1.165, 1.54) is 4.90 Å². The molecule has 6 heteroatoms. The summed E-state index contributed by atoms with van der Waals surface area (Å²) in [6.45, 7) is 1.48. The van der Waals surface area contributed by atoms with E-state index in [4.69, 9.17) is 9.84 Å². The van der Waals surface area contributed by atoms with E-state index in [0.29, 0.717) is 26.1 Å². The van der Waals surface area contributed by atoms with Gasteiger partial charge in [0.2, 0.25) is 0 Å². The van der Waals surface area contributed by atoms with Crippen LogP contribution in [0.15, 0.2) is 42.5 Å². The molecule has 0 saturated carbocycles. The third-order valence-electron chi connectivity index (χ3n) is 4.21. The molecular formula is C18H20N2O4. The van der Waals surface area contributed by atoms with Crippen LogP contribution in [-0.2, 0) is 4.79 Å². The van der Waals surface area contributed by atoms with Gasteiger partial charge in [0.25, 0.3) is 0 Å². The van der Waals surface area contributed by atoms with Crippen molar-refractivity contribution in [1.82, 2.24) is 10.2 Å². The third kappa shape index (κ3) is 3.59. The molecule has 2 aromatic rings. The Balaban J connectivity index is 1.47. The zero-order valence-electron chi connectivity index (χ0n) is 13.3. The number of hydrogen-bond donors (Lipinski definition) is 2. The van der Waals surface area contributed by atoms with Crippen molar-refractivity contribution in [1.29, 1.82) is 0 Å². The molecule has 1 heterocycles. The second-order valence-corrected chi connectivity index (χ2v) is 5.83. The normalized spacial score (nSPS) is 17.0. The van der Waals surface area contributed by atoms with Crippen LogP contribution in [0.1, 0.15) is 6.42 Å². The molecule has 0 radical (unpaired) electrons. The van der Waals surface area contributed by atoms with Crippen molar-refractivity contribution in [2.45, 2.75) is 6.42 Å². The Morgan fingerprint density at radius 3 is 2.79 bits per heavy atom. The maximum Gasteiger partial charge on any atom is 0.317 e. The van der Waals surface area contributed by atoms with Crippen molar-refractivity contribution >= 4 is 22.8 Å². The average Bonchev–Trinajstić information content (AvgIpc) is 3.09. The van der Waals surface area contributed by atoms with E-state index in [2.05, 4.69) is 5.32 Å². The fourth-order valence-corrected chi connectivity index (χ4v) is 2.90. The molecule has 0 aliphatic carbocycles. The number of carbonyl (C=O) groups excluding carboxylic acids is 1. The van der Waals surface area contributed by atoms with Crippen LogP contribution >= 0.6 is 0 Å². The quantitative estimate of drug-likeness (QED) is 0.826. The number of aliphatic carboxylic acids is 1. The lowest BCUT2D eigenvalue weighted by atomic mass is 10.1. The van der Waals surface area contributed by atoms with Crippen LogP contribution in [0.2, 0.25) is 0 Å². The van der Waals surface area contributed by atoms with Crippen molar-refractivity contribution in [3.05, 3.63) is 42.5 Å². The Hall–Kier alpha value is -2.76. The average molecular weight is 328 g/mol. The van der Waals surface area contributed by atoms with Gasteiger partial charge in [-0.25, -0.2) is 4.79 Å². The first-order valence-corrected chi connectivity index (χ1v) is 8.01. The summed E-state index contributed by atoms with van der Waals surface area (Å²) in [5.41, 5.74) is 0. The van der Waals surface area contributed by atoms with Crippen LogP contribution < -0.4 is 10.1 Å². The number of fused-ring (bicyclic) bond motifs is 1. The zero-order chi connectivity index (χ0) is 16.9. The second kappa shape index (κ2) is 7.21. The first-order chi connectivity index (χ1) is 11.6. The molecule has 3 rings (SSSR count). The Labute approximate surface area is 140 Å². The van der Waals surface area contributed by atoms with Gasteiger partial charge in [-0.2, -0.15) is 0 Å². The molecule has 1 unspecified atom stereocenters. The van der Waals surface area contributed by atoms with Crippen molar-refractivity contribution in [3.8, 4) is 5.75 Å². The highest BCUT2D eigenvalue weighted by Crippen LogP contribution is 2.24. The molecule has 0 aromatic heterocycles. The highest BCUT2D eigenvalue weighted by Gasteiger charge is 2.30. The van der Waals surface area contributed by atoms with Crippen LogP contribution in [0.4, 0.5) is 4.79 Å². The molecule has 1 atom stereocenters. The predicted octanol–water partition coefficient (Wildman–Crippen LogP) is 2.33. The zero-order valence-corrected chi connectivity index (χ0v) is 13.3. The van der Waals surface area contributed by atoms with Gasteiger partial charge >= 0.3 is 12.0 Å². The molecule has 126 valence electrons. The molecule has 24 heavy (non-hydrogen) atoms. The number of amides is 2. The van der Waals surface area contributed by atoms with Crippen LogP contribution in [0, 0.1) is 5.92 Å². The predicted molar refractivity (Wildman–Crippen MR) is 90.2 cm³/mol. The Morgan fingerprint density at radius 2 is 2.00 bits per heavy atom. The minimum absolute atomic E-state index is 0.236. The monoisotopic (exact) mass is 328 g/mol. The van der Waals surface area contributed by atoms with Gasteiger partial charge in [-0.3, -0.25) is 4.79 Å². The van der Waals surface area contributed by atoms with Gasteiger partial charge < -0.3 is 20.1 Å². The summed E-state index contributed by atoms with van der Waals surface area (Å²) in [6.07, 6.45) is 0.509. The van der Waals surface area contributed by atoms with Gasteiger partial charge in [-0.05, 0) is 17.9 Å². The van der Waals surface area contributed by atoms with Gasteiger partial charge in [0.05, 0.1) is 12.5 Å². The van der Waals surface area contributed by atoms with Gasteiger partial charge in [-0.1, -0.05) is 36.4 Å². The van der Waals surface area contributed by atoms with Gasteiger partial charge in [-0.15, -0.1) is 0 Å². The van der Waals surface area contributed by atoms with Gasteiger partial charge in [0.1, 0.15) is 12.4 Å². The van der Waals surface area contributed by atoms with Crippen LogP contribution in [0.25, 0.3) is 10.8 Å². The van der Waals surface area contributed by atoms with E-state index >= 15 is 0 Å². The Kier molecular flexibility index (Phi) is 4.84. The van der Waals surface area contributed by atoms with E-state index in [9.17, 15) is 9.59 Å². The van der Waals surface area contributed by atoms with E-state index in [0.717, 1.165) is 16.5 Å².